The fourth-order valence-corrected chi connectivity index (χ4v) is 3.72. The number of hydrogen-bond acceptors (Lipinski definition) is 4. The molecule has 8 heteroatoms. The van der Waals surface area contributed by atoms with Crippen molar-refractivity contribution in [2.45, 2.75) is 38.3 Å². The molecule has 1 aliphatic heterocycles. The van der Waals surface area contributed by atoms with Crippen LogP contribution in [0.1, 0.15) is 52.9 Å². The Morgan fingerprint density at radius 1 is 1.41 bits per heavy atom. The van der Waals surface area contributed by atoms with Crippen molar-refractivity contribution in [3.8, 4) is 6.07 Å². The summed E-state index contributed by atoms with van der Waals surface area (Å²) in [6.07, 6.45) is -0.125. The molecule has 0 aliphatic carbocycles. The minimum atomic E-state index is -1.15. The molecule has 0 fully saturated rings. The van der Waals surface area contributed by atoms with Crippen LogP contribution in [-0.2, 0) is 11.2 Å². The Hall–Kier alpha value is -2.95. The van der Waals surface area contributed by atoms with Crippen LogP contribution < -0.4 is 10.6 Å². The van der Waals surface area contributed by atoms with E-state index in [9.17, 15) is 19.1 Å². The Morgan fingerprint density at radius 3 is 2.86 bits per heavy atom. The van der Waals surface area contributed by atoms with Gasteiger partial charge in [-0.2, -0.15) is 5.26 Å². The fourth-order valence-electron chi connectivity index (χ4n) is 3.44. The number of fused-ring (bicyclic) bond motifs is 1. The highest BCUT2D eigenvalue weighted by Gasteiger charge is 2.30. The molecule has 6 nitrogen and oxygen atoms in total. The van der Waals surface area contributed by atoms with Gasteiger partial charge in [0.25, 0.3) is 5.91 Å². The molecular formula is C21H19ClFN3O3. The Balaban J connectivity index is 1.89. The Kier molecular flexibility index (Phi) is 6.16. The lowest BCUT2D eigenvalue weighted by Crippen LogP contribution is -2.39. The van der Waals surface area contributed by atoms with Gasteiger partial charge in [-0.05, 0) is 24.6 Å². The van der Waals surface area contributed by atoms with Gasteiger partial charge in [-0.25, -0.2) is 4.39 Å². The normalized spacial score (nSPS) is 14.5. The molecule has 0 spiro atoms. The minimum absolute atomic E-state index is 0.0139. The number of rotatable bonds is 6. The van der Waals surface area contributed by atoms with Crippen LogP contribution in [0.2, 0.25) is 5.02 Å². The van der Waals surface area contributed by atoms with Crippen LogP contribution in [0, 0.1) is 17.1 Å². The zero-order chi connectivity index (χ0) is 21.1. The van der Waals surface area contributed by atoms with Crippen molar-refractivity contribution >= 4 is 29.1 Å². The number of amides is 2. The fraction of sp³-hybridized carbons (Fsp3) is 0.286. The highest BCUT2D eigenvalue weighted by atomic mass is 35.5. The third kappa shape index (κ3) is 4.09. The second-order valence-electron chi connectivity index (χ2n) is 6.81. The third-order valence-electron chi connectivity index (χ3n) is 4.87. The van der Waals surface area contributed by atoms with Gasteiger partial charge in [0.05, 0.1) is 28.7 Å². The predicted molar refractivity (Wildman–Crippen MR) is 106 cm³/mol. The monoisotopic (exact) mass is 415 g/mol. The number of halogens is 2. The van der Waals surface area contributed by atoms with E-state index in [-0.39, 0.29) is 34.2 Å². The van der Waals surface area contributed by atoms with Crippen molar-refractivity contribution in [1.82, 2.24) is 5.32 Å². The van der Waals surface area contributed by atoms with E-state index in [0.29, 0.717) is 24.0 Å². The summed E-state index contributed by atoms with van der Waals surface area (Å²) in [5.74, 6) is -1.51. The first-order valence-electron chi connectivity index (χ1n) is 9.16. The Labute approximate surface area is 172 Å². The van der Waals surface area contributed by atoms with Crippen molar-refractivity contribution < 1.29 is 19.1 Å². The van der Waals surface area contributed by atoms with Gasteiger partial charge in [-0.1, -0.05) is 37.1 Å². The molecule has 150 valence electrons. The summed E-state index contributed by atoms with van der Waals surface area (Å²) in [5.41, 5.74) is 1.04. The molecule has 0 bridgehead atoms. The van der Waals surface area contributed by atoms with Crippen molar-refractivity contribution in [2.24, 2.45) is 0 Å². The maximum absolute atomic E-state index is 13.9. The minimum Gasteiger partial charge on any atom is -0.386 e. The molecule has 1 heterocycles. The van der Waals surface area contributed by atoms with Crippen molar-refractivity contribution in [2.75, 3.05) is 5.32 Å². The van der Waals surface area contributed by atoms with Gasteiger partial charge in [0.2, 0.25) is 5.91 Å². The van der Waals surface area contributed by atoms with E-state index in [1.165, 1.54) is 12.1 Å². The van der Waals surface area contributed by atoms with Crippen LogP contribution in [-0.4, -0.2) is 23.0 Å². The van der Waals surface area contributed by atoms with E-state index in [1.54, 1.807) is 12.1 Å². The molecule has 0 saturated carbocycles. The lowest BCUT2D eigenvalue weighted by atomic mass is 9.96. The van der Waals surface area contributed by atoms with E-state index in [4.69, 9.17) is 16.9 Å². The second-order valence-corrected chi connectivity index (χ2v) is 7.19. The van der Waals surface area contributed by atoms with E-state index in [1.807, 2.05) is 13.0 Å². The maximum atomic E-state index is 13.9. The van der Waals surface area contributed by atoms with E-state index in [2.05, 4.69) is 10.6 Å². The van der Waals surface area contributed by atoms with Crippen LogP contribution in [0.5, 0.6) is 0 Å². The zero-order valence-electron chi connectivity index (χ0n) is 15.6. The standard InChI is InChI=1S/C21H19ClFN3O3/c1-2-4-16(20(28)13-6-3-5-11(10-24)18(13)22)25-21(29)12-7-8-15(23)19-14(12)9-17(27)26-19/h3,5-8,16,20,28H,2,4,9H2,1H3,(H,25,29)(H,26,27). The molecule has 0 saturated heterocycles. The van der Waals surface area contributed by atoms with Crippen molar-refractivity contribution in [3.63, 3.8) is 0 Å². The molecule has 2 unspecified atom stereocenters. The Morgan fingerprint density at radius 2 is 2.17 bits per heavy atom. The quantitative estimate of drug-likeness (QED) is 0.672. The number of anilines is 1. The molecule has 2 aromatic carbocycles. The summed E-state index contributed by atoms with van der Waals surface area (Å²) in [4.78, 5) is 24.5. The molecule has 29 heavy (non-hydrogen) atoms. The van der Waals surface area contributed by atoms with Crippen molar-refractivity contribution in [1.29, 1.82) is 5.26 Å². The first-order chi connectivity index (χ1) is 13.9. The smallest absolute Gasteiger partial charge is 0.251 e. The topological polar surface area (TPSA) is 102 Å². The molecule has 2 amide bonds. The van der Waals surface area contributed by atoms with Crippen LogP contribution in [0.25, 0.3) is 0 Å². The number of benzene rings is 2. The predicted octanol–water partition coefficient (Wildman–Crippen LogP) is 3.48. The molecule has 1 aliphatic rings. The van der Waals surface area contributed by atoms with Gasteiger partial charge < -0.3 is 15.7 Å². The highest BCUT2D eigenvalue weighted by Crippen LogP contribution is 2.32. The second kappa shape index (κ2) is 8.60. The third-order valence-corrected chi connectivity index (χ3v) is 5.30. The average molecular weight is 416 g/mol. The van der Waals surface area contributed by atoms with Gasteiger partial charge in [0.1, 0.15) is 18.0 Å². The summed E-state index contributed by atoms with van der Waals surface area (Å²) in [6.45, 7) is 1.90. The van der Waals surface area contributed by atoms with Gasteiger partial charge in [-0.3, -0.25) is 9.59 Å². The lowest BCUT2D eigenvalue weighted by molar-refractivity contribution is -0.115. The summed E-state index contributed by atoms with van der Waals surface area (Å²) >= 11 is 6.23. The van der Waals surface area contributed by atoms with Crippen LogP contribution in [0.4, 0.5) is 10.1 Å². The number of carbonyl (C=O) groups is 2. The number of nitrogens with zero attached hydrogens (tertiary/aromatic N) is 1. The van der Waals surface area contributed by atoms with E-state index < -0.39 is 23.9 Å². The van der Waals surface area contributed by atoms with Crippen LogP contribution >= 0.6 is 11.6 Å². The maximum Gasteiger partial charge on any atom is 0.251 e. The molecule has 0 aromatic heterocycles. The first kappa shape index (κ1) is 20.8. The van der Waals surface area contributed by atoms with Gasteiger partial charge in [0, 0.05) is 16.7 Å². The molecular weight excluding hydrogens is 397 g/mol. The lowest BCUT2D eigenvalue weighted by Gasteiger charge is -2.25. The van der Waals surface area contributed by atoms with Crippen molar-refractivity contribution in [3.05, 3.63) is 63.4 Å². The average Bonchev–Trinajstić information content (AvgIpc) is 3.09. The summed E-state index contributed by atoms with van der Waals surface area (Å²) < 4.78 is 13.9. The summed E-state index contributed by atoms with van der Waals surface area (Å²) in [7, 11) is 0. The number of hydrogen-bond donors (Lipinski definition) is 3. The zero-order valence-corrected chi connectivity index (χ0v) is 16.4. The number of aliphatic hydroxyl groups excluding tert-OH is 1. The highest BCUT2D eigenvalue weighted by molar-refractivity contribution is 6.32. The first-order valence-corrected chi connectivity index (χ1v) is 9.53. The summed E-state index contributed by atoms with van der Waals surface area (Å²) in [5, 5.41) is 25.3. The molecule has 2 aromatic rings. The summed E-state index contributed by atoms with van der Waals surface area (Å²) in [6, 6.07) is 8.46. The van der Waals surface area contributed by atoms with E-state index >= 15 is 0 Å². The number of nitriles is 1. The van der Waals surface area contributed by atoms with E-state index in [0.717, 1.165) is 6.07 Å². The van der Waals surface area contributed by atoms with Crippen LogP contribution in [0.15, 0.2) is 30.3 Å². The van der Waals surface area contributed by atoms with Gasteiger partial charge in [-0.15, -0.1) is 0 Å². The number of nitrogens with one attached hydrogen (secondary N) is 2. The number of aliphatic hydroxyl groups is 1. The molecule has 3 N–H and O–H groups in total. The Bertz CT molecular complexity index is 1020. The number of carbonyl (C=O) groups excluding carboxylic acids is 2. The SMILES string of the molecule is CCCC(NC(=O)c1ccc(F)c2c1CC(=O)N2)C(O)c1cccc(C#N)c1Cl. The molecule has 2 atom stereocenters. The van der Waals surface area contributed by atoms with Gasteiger partial charge in [0.15, 0.2) is 0 Å². The van der Waals surface area contributed by atoms with Crippen LogP contribution in [0.3, 0.4) is 0 Å². The van der Waals surface area contributed by atoms with Gasteiger partial charge >= 0.3 is 0 Å². The molecule has 3 rings (SSSR count). The molecule has 0 radical (unpaired) electrons. The largest absolute Gasteiger partial charge is 0.386 e.